The van der Waals surface area contributed by atoms with E-state index in [1.165, 1.54) is 0 Å². The number of rotatable bonds is 2. The molecule has 0 unspecified atom stereocenters. The zero-order valence-electron chi connectivity index (χ0n) is 9.21. The third kappa shape index (κ3) is 2.08. The Balaban J connectivity index is 2.80. The highest BCUT2D eigenvalue weighted by molar-refractivity contribution is 5.71. The molecule has 2 atom stereocenters. The van der Waals surface area contributed by atoms with Crippen molar-refractivity contribution in [2.75, 3.05) is 0 Å². The smallest absolute Gasteiger partial charge is 0.307 e. The van der Waals surface area contributed by atoms with Gasteiger partial charge in [-0.1, -0.05) is 20.8 Å². The summed E-state index contributed by atoms with van der Waals surface area (Å²) in [7, 11) is 0. The van der Waals surface area contributed by atoms with E-state index in [1.54, 1.807) is 0 Å². The van der Waals surface area contributed by atoms with Gasteiger partial charge in [0.1, 0.15) is 0 Å². The first-order chi connectivity index (χ1) is 6.31. The molecule has 3 nitrogen and oxygen atoms in total. The summed E-state index contributed by atoms with van der Waals surface area (Å²) in [6.45, 7) is 5.83. The van der Waals surface area contributed by atoms with E-state index in [1.807, 2.05) is 20.8 Å². The fourth-order valence-electron chi connectivity index (χ4n) is 2.62. The first-order valence-electron chi connectivity index (χ1n) is 5.26. The molecule has 2 N–H and O–H groups in total. The standard InChI is InChI=1S/C11H20O3/c1-4-11(14)6-5-8(9(12)13)10(2,3)7-11/h8,14H,4-7H2,1-3H3,(H,12,13)/t8-,11-/m0/s1. The first-order valence-corrected chi connectivity index (χ1v) is 5.26. The van der Waals surface area contributed by atoms with Crippen LogP contribution in [0.2, 0.25) is 0 Å². The SMILES string of the molecule is CC[C@]1(O)CC[C@@H](C(=O)O)C(C)(C)C1. The molecule has 3 heteroatoms. The summed E-state index contributed by atoms with van der Waals surface area (Å²) >= 11 is 0. The van der Waals surface area contributed by atoms with Crippen LogP contribution in [0.5, 0.6) is 0 Å². The van der Waals surface area contributed by atoms with Crippen LogP contribution in [0.15, 0.2) is 0 Å². The van der Waals surface area contributed by atoms with Crippen molar-refractivity contribution < 1.29 is 15.0 Å². The lowest BCUT2D eigenvalue weighted by Crippen LogP contribution is -2.45. The molecule has 0 heterocycles. The minimum Gasteiger partial charge on any atom is -0.481 e. The van der Waals surface area contributed by atoms with Crippen LogP contribution in [0.3, 0.4) is 0 Å². The second-order valence-corrected chi connectivity index (χ2v) is 5.17. The summed E-state index contributed by atoms with van der Waals surface area (Å²) in [6, 6.07) is 0. The second-order valence-electron chi connectivity index (χ2n) is 5.17. The Morgan fingerprint density at radius 3 is 2.43 bits per heavy atom. The van der Waals surface area contributed by atoms with Gasteiger partial charge < -0.3 is 10.2 Å². The van der Waals surface area contributed by atoms with E-state index in [-0.39, 0.29) is 11.3 Å². The van der Waals surface area contributed by atoms with Gasteiger partial charge in [0.25, 0.3) is 0 Å². The molecule has 0 aromatic heterocycles. The fourth-order valence-corrected chi connectivity index (χ4v) is 2.62. The van der Waals surface area contributed by atoms with Gasteiger partial charge in [0.15, 0.2) is 0 Å². The van der Waals surface area contributed by atoms with Gasteiger partial charge in [-0.25, -0.2) is 0 Å². The highest BCUT2D eigenvalue weighted by atomic mass is 16.4. The Morgan fingerprint density at radius 2 is 2.07 bits per heavy atom. The van der Waals surface area contributed by atoms with Crippen molar-refractivity contribution in [1.82, 2.24) is 0 Å². The van der Waals surface area contributed by atoms with E-state index in [4.69, 9.17) is 5.11 Å². The third-order valence-electron chi connectivity index (χ3n) is 3.58. The van der Waals surface area contributed by atoms with Gasteiger partial charge in [0.05, 0.1) is 11.5 Å². The van der Waals surface area contributed by atoms with Gasteiger partial charge in [-0.05, 0) is 31.1 Å². The number of aliphatic carboxylic acids is 1. The Labute approximate surface area is 85.1 Å². The average molecular weight is 200 g/mol. The van der Waals surface area contributed by atoms with Crippen molar-refractivity contribution in [3.05, 3.63) is 0 Å². The van der Waals surface area contributed by atoms with Gasteiger partial charge in [0, 0.05) is 0 Å². The molecule has 1 saturated carbocycles. The molecule has 1 fully saturated rings. The lowest BCUT2D eigenvalue weighted by atomic mass is 9.63. The number of hydrogen-bond donors (Lipinski definition) is 2. The topological polar surface area (TPSA) is 57.5 Å². The predicted octanol–water partition coefficient (Wildman–Crippen LogP) is 2.04. The van der Waals surface area contributed by atoms with Gasteiger partial charge in [-0.3, -0.25) is 4.79 Å². The maximum atomic E-state index is 11.0. The molecule has 0 saturated heterocycles. The summed E-state index contributed by atoms with van der Waals surface area (Å²) in [5.74, 6) is -1.04. The van der Waals surface area contributed by atoms with Crippen LogP contribution in [0, 0.1) is 11.3 Å². The van der Waals surface area contributed by atoms with Crippen LogP contribution >= 0.6 is 0 Å². The van der Waals surface area contributed by atoms with E-state index in [2.05, 4.69) is 0 Å². The largest absolute Gasteiger partial charge is 0.481 e. The number of aliphatic hydroxyl groups is 1. The van der Waals surface area contributed by atoms with Gasteiger partial charge >= 0.3 is 5.97 Å². The Hall–Kier alpha value is -0.570. The van der Waals surface area contributed by atoms with E-state index in [9.17, 15) is 9.90 Å². The Morgan fingerprint density at radius 1 is 1.50 bits per heavy atom. The van der Waals surface area contributed by atoms with Crippen LogP contribution < -0.4 is 0 Å². The molecule has 0 aliphatic heterocycles. The molecule has 1 aliphatic carbocycles. The van der Waals surface area contributed by atoms with Crippen molar-refractivity contribution >= 4 is 5.97 Å². The Kier molecular flexibility index (Phi) is 2.91. The predicted molar refractivity (Wildman–Crippen MR) is 54.0 cm³/mol. The van der Waals surface area contributed by atoms with E-state index >= 15 is 0 Å². The van der Waals surface area contributed by atoms with E-state index < -0.39 is 11.6 Å². The molecule has 0 bridgehead atoms. The molecule has 0 spiro atoms. The summed E-state index contributed by atoms with van der Waals surface area (Å²) < 4.78 is 0. The van der Waals surface area contributed by atoms with Crippen LogP contribution in [0.1, 0.15) is 46.5 Å². The van der Waals surface area contributed by atoms with Crippen LogP contribution in [-0.2, 0) is 4.79 Å². The lowest BCUT2D eigenvalue weighted by molar-refractivity contribution is -0.153. The minimum absolute atomic E-state index is 0.297. The first kappa shape index (κ1) is 11.5. The molecule has 1 rings (SSSR count). The molecule has 14 heavy (non-hydrogen) atoms. The maximum Gasteiger partial charge on any atom is 0.307 e. The van der Waals surface area contributed by atoms with Crippen LogP contribution in [0.4, 0.5) is 0 Å². The molecule has 0 aromatic carbocycles. The quantitative estimate of drug-likeness (QED) is 0.717. The molecular weight excluding hydrogens is 180 g/mol. The van der Waals surface area contributed by atoms with Gasteiger partial charge in [-0.15, -0.1) is 0 Å². The van der Waals surface area contributed by atoms with Crippen molar-refractivity contribution in [1.29, 1.82) is 0 Å². The Bertz CT molecular complexity index is 235. The summed E-state index contributed by atoms with van der Waals surface area (Å²) in [5.41, 5.74) is -0.940. The molecule has 1 aliphatic rings. The summed E-state index contributed by atoms with van der Waals surface area (Å²) in [4.78, 5) is 11.0. The minimum atomic E-state index is -0.729. The zero-order chi connectivity index (χ0) is 11.0. The average Bonchev–Trinajstić information content (AvgIpc) is 2.01. The molecule has 0 radical (unpaired) electrons. The zero-order valence-corrected chi connectivity index (χ0v) is 9.21. The van der Waals surface area contributed by atoms with Crippen molar-refractivity contribution in [2.24, 2.45) is 11.3 Å². The number of carbonyl (C=O) groups is 1. The molecular formula is C11H20O3. The number of carboxylic acid groups (broad SMARTS) is 1. The monoisotopic (exact) mass is 200 g/mol. The normalized spacial score (nSPS) is 36.7. The summed E-state index contributed by atoms with van der Waals surface area (Å²) in [6.07, 6.45) is 2.51. The van der Waals surface area contributed by atoms with E-state index in [0.29, 0.717) is 25.7 Å². The lowest BCUT2D eigenvalue weighted by Gasteiger charge is -2.44. The molecule has 0 aromatic rings. The molecule has 0 amide bonds. The van der Waals surface area contributed by atoms with Crippen molar-refractivity contribution in [3.8, 4) is 0 Å². The van der Waals surface area contributed by atoms with Crippen molar-refractivity contribution in [2.45, 2.75) is 52.1 Å². The number of carboxylic acids is 1. The third-order valence-corrected chi connectivity index (χ3v) is 3.58. The summed E-state index contributed by atoms with van der Waals surface area (Å²) in [5, 5.41) is 19.2. The van der Waals surface area contributed by atoms with Gasteiger partial charge in [0.2, 0.25) is 0 Å². The van der Waals surface area contributed by atoms with Crippen molar-refractivity contribution in [3.63, 3.8) is 0 Å². The maximum absolute atomic E-state index is 11.0. The highest BCUT2D eigenvalue weighted by Gasteiger charge is 2.46. The van der Waals surface area contributed by atoms with Gasteiger partial charge in [-0.2, -0.15) is 0 Å². The molecule has 82 valence electrons. The van der Waals surface area contributed by atoms with Crippen LogP contribution in [0.25, 0.3) is 0 Å². The highest BCUT2D eigenvalue weighted by Crippen LogP contribution is 2.46. The van der Waals surface area contributed by atoms with Crippen LogP contribution in [-0.4, -0.2) is 21.8 Å². The second kappa shape index (κ2) is 3.54. The number of hydrogen-bond acceptors (Lipinski definition) is 2. The fraction of sp³-hybridized carbons (Fsp3) is 0.909. The van der Waals surface area contributed by atoms with E-state index in [0.717, 1.165) is 0 Å².